The lowest BCUT2D eigenvalue weighted by Gasteiger charge is -2.40. The Morgan fingerprint density at radius 2 is 2.00 bits per heavy atom. The molecule has 1 aliphatic rings. The molecule has 0 radical (unpaired) electrons. The highest BCUT2D eigenvalue weighted by Gasteiger charge is 2.26. The lowest BCUT2D eigenvalue weighted by Crippen LogP contribution is -2.46. The molecule has 0 N–H and O–H groups in total. The zero-order chi connectivity index (χ0) is 11.4. The lowest BCUT2D eigenvalue weighted by atomic mass is 9.99. The molecule has 0 bridgehead atoms. The van der Waals surface area contributed by atoms with Crippen molar-refractivity contribution in [2.45, 2.75) is 45.2 Å². The van der Waals surface area contributed by atoms with Crippen molar-refractivity contribution in [3.8, 4) is 0 Å². The van der Waals surface area contributed by atoms with Gasteiger partial charge in [-0.05, 0) is 33.1 Å². The fraction of sp³-hybridized carbons (Fsp3) is 0.800. The number of carboxylic acids is 1. The monoisotopic (exact) mass is 246 g/mol. The van der Waals surface area contributed by atoms with E-state index in [2.05, 4.69) is 18.7 Å². The standard InChI is InChI=1S/C10H17NO2S2/c1-7-4-3-5-8(2)11(7)10(14)15-6-9(12)13/h7-8H,3-6H2,1-2H3,(H,12,13)/p-1/t7-,8+. The van der Waals surface area contributed by atoms with Gasteiger partial charge in [-0.15, -0.1) is 0 Å². The topological polar surface area (TPSA) is 43.4 Å². The van der Waals surface area contributed by atoms with Crippen LogP contribution in [0.3, 0.4) is 0 Å². The van der Waals surface area contributed by atoms with E-state index in [4.69, 9.17) is 12.2 Å². The maximum absolute atomic E-state index is 10.3. The van der Waals surface area contributed by atoms with Gasteiger partial charge >= 0.3 is 0 Å². The van der Waals surface area contributed by atoms with Crippen LogP contribution in [-0.2, 0) is 4.79 Å². The number of nitrogens with zero attached hydrogens (tertiary/aromatic N) is 1. The molecule has 15 heavy (non-hydrogen) atoms. The molecule has 1 fully saturated rings. The minimum Gasteiger partial charge on any atom is -0.549 e. The molecule has 2 atom stereocenters. The van der Waals surface area contributed by atoms with Crippen LogP contribution in [0.25, 0.3) is 0 Å². The van der Waals surface area contributed by atoms with Crippen molar-refractivity contribution >= 4 is 34.3 Å². The van der Waals surface area contributed by atoms with Crippen LogP contribution in [0.5, 0.6) is 0 Å². The average molecular weight is 246 g/mol. The first kappa shape index (κ1) is 12.8. The van der Waals surface area contributed by atoms with E-state index in [9.17, 15) is 9.90 Å². The first-order chi connectivity index (χ1) is 7.02. The van der Waals surface area contributed by atoms with Crippen LogP contribution in [0, 0.1) is 0 Å². The van der Waals surface area contributed by atoms with Crippen molar-refractivity contribution < 1.29 is 9.90 Å². The second kappa shape index (κ2) is 5.70. The van der Waals surface area contributed by atoms with Crippen molar-refractivity contribution in [2.24, 2.45) is 0 Å². The van der Waals surface area contributed by atoms with E-state index in [1.807, 2.05) is 0 Å². The van der Waals surface area contributed by atoms with Crippen LogP contribution < -0.4 is 5.11 Å². The number of hydrogen-bond donors (Lipinski definition) is 0. The first-order valence-corrected chi connectivity index (χ1v) is 6.56. The molecule has 0 aromatic rings. The van der Waals surface area contributed by atoms with E-state index < -0.39 is 5.97 Å². The minimum absolute atomic E-state index is 0.0469. The highest BCUT2D eigenvalue weighted by molar-refractivity contribution is 8.23. The van der Waals surface area contributed by atoms with Gasteiger partial charge in [-0.3, -0.25) is 0 Å². The molecule has 0 aromatic carbocycles. The second-order valence-corrected chi connectivity index (χ2v) is 5.57. The maximum Gasteiger partial charge on any atom is 0.137 e. The number of thioether (sulfide) groups is 1. The summed E-state index contributed by atoms with van der Waals surface area (Å²) in [6.07, 6.45) is 3.50. The molecule has 0 amide bonds. The van der Waals surface area contributed by atoms with Crippen LogP contribution in [-0.4, -0.2) is 33.0 Å². The normalized spacial score (nSPS) is 26.4. The molecule has 1 heterocycles. The average Bonchev–Trinajstić information content (AvgIpc) is 2.14. The number of rotatable bonds is 2. The van der Waals surface area contributed by atoms with Crippen molar-refractivity contribution in [2.75, 3.05) is 5.75 Å². The molecule has 1 rings (SSSR count). The number of carboxylic acid groups (broad SMARTS) is 1. The number of likely N-dealkylation sites (tertiary alicyclic amines) is 1. The Morgan fingerprint density at radius 3 is 2.47 bits per heavy atom. The summed E-state index contributed by atoms with van der Waals surface area (Å²) in [5.74, 6) is -1.10. The predicted molar refractivity (Wildman–Crippen MR) is 64.7 cm³/mol. The van der Waals surface area contributed by atoms with Crippen LogP contribution >= 0.6 is 24.0 Å². The third-order valence-corrected chi connectivity index (χ3v) is 4.12. The Hall–Kier alpha value is -0.290. The zero-order valence-electron chi connectivity index (χ0n) is 9.06. The Kier molecular flexibility index (Phi) is 4.86. The quantitative estimate of drug-likeness (QED) is 0.681. The number of aliphatic carboxylic acids is 1. The van der Waals surface area contributed by atoms with E-state index >= 15 is 0 Å². The van der Waals surface area contributed by atoms with Crippen molar-refractivity contribution in [1.29, 1.82) is 0 Å². The molecule has 0 unspecified atom stereocenters. The van der Waals surface area contributed by atoms with Crippen molar-refractivity contribution in [3.05, 3.63) is 0 Å². The summed E-state index contributed by atoms with van der Waals surface area (Å²) in [6.45, 7) is 4.28. The molecule has 1 aliphatic heterocycles. The highest BCUT2D eigenvalue weighted by atomic mass is 32.2. The smallest absolute Gasteiger partial charge is 0.137 e. The van der Waals surface area contributed by atoms with Gasteiger partial charge in [0.25, 0.3) is 0 Å². The Morgan fingerprint density at radius 1 is 1.47 bits per heavy atom. The van der Waals surface area contributed by atoms with E-state index in [-0.39, 0.29) is 5.75 Å². The number of piperidine rings is 1. The van der Waals surface area contributed by atoms with Gasteiger partial charge in [-0.2, -0.15) is 0 Å². The summed E-state index contributed by atoms with van der Waals surface area (Å²) in [5.41, 5.74) is 0. The van der Waals surface area contributed by atoms with Gasteiger partial charge < -0.3 is 14.8 Å². The van der Waals surface area contributed by atoms with E-state index in [0.717, 1.165) is 12.8 Å². The van der Waals surface area contributed by atoms with Gasteiger partial charge in [0, 0.05) is 17.8 Å². The number of carbonyl (C=O) groups is 1. The molecule has 0 spiro atoms. The van der Waals surface area contributed by atoms with E-state index in [0.29, 0.717) is 16.4 Å². The third-order valence-electron chi connectivity index (χ3n) is 2.72. The second-order valence-electron chi connectivity index (χ2n) is 3.96. The first-order valence-electron chi connectivity index (χ1n) is 5.17. The predicted octanol–water partition coefficient (Wildman–Crippen LogP) is 1.02. The zero-order valence-corrected chi connectivity index (χ0v) is 10.7. The minimum atomic E-state index is -1.06. The van der Waals surface area contributed by atoms with Gasteiger partial charge in [0.05, 0.1) is 5.97 Å². The largest absolute Gasteiger partial charge is 0.549 e. The summed E-state index contributed by atoms with van der Waals surface area (Å²) in [6, 6.07) is 0.853. The van der Waals surface area contributed by atoms with Crippen LogP contribution in [0.4, 0.5) is 0 Å². The van der Waals surface area contributed by atoms with E-state index in [1.165, 1.54) is 18.2 Å². The lowest BCUT2D eigenvalue weighted by molar-refractivity contribution is -0.301. The molecule has 0 aliphatic carbocycles. The van der Waals surface area contributed by atoms with Crippen LogP contribution in [0.15, 0.2) is 0 Å². The Balaban J connectivity index is 2.51. The molecule has 0 saturated carbocycles. The Labute approximate surface area is 100 Å². The van der Waals surface area contributed by atoms with Crippen molar-refractivity contribution in [1.82, 2.24) is 4.90 Å². The van der Waals surface area contributed by atoms with Gasteiger partial charge in [-0.25, -0.2) is 0 Å². The molecular weight excluding hydrogens is 230 g/mol. The van der Waals surface area contributed by atoms with E-state index in [1.54, 1.807) is 0 Å². The highest BCUT2D eigenvalue weighted by Crippen LogP contribution is 2.26. The summed E-state index contributed by atoms with van der Waals surface area (Å²) in [5, 5.41) is 10.3. The van der Waals surface area contributed by atoms with Gasteiger partial charge in [-0.1, -0.05) is 24.0 Å². The molecular formula is C10H16NO2S2-. The number of thiocarbonyl (C=S) groups is 1. The molecule has 5 heteroatoms. The van der Waals surface area contributed by atoms with Crippen LogP contribution in [0.2, 0.25) is 0 Å². The number of hydrogen-bond acceptors (Lipinski definition) is 4. The fourth-order valence-electron chi connectivity index (χ4n) is 1.98. The molecule has 86 valence electrons. The summed E-state index contributed by atoms with van der Waals surface area (Å²) in [4.78, 5) is 12.5. The maximum atomic E-state index is 10.3. The number of carbonyl (C=O) groups excluding carboxylic acids is 1. The molecule has 3 nitrogen and oxygen atoms in total. The fourth-order valence-corrected chi connectivity index (χ4v) is 3.26. The van der Waals surface area contributed by atoms with Crippen molar-refractivity contribution in [3.63, 3.8) is 0 Å². The van der Waals surface area contributed by atoms with Crippen LogP contribution in [0.1, 0.15) is 33.1 Å². The Bertz CT molecular complexity index is 248. The van der Waals surface area contributed by atoms with Gasteiger partial charge in [0.15, 0.2) is 0 Å². The summed E-state index contributed by atoms with van der Waals surface area (Å²) >= 11 is 6.44. The van der Waals surface area contributed by atoms with Gasteiger partial charge in [0.1, 0.15) is 4.32 Å². The molecule has 1 saturated heterocycles. The van der Waals surface area contributed by atoms with Gasteiger partial charge in [0.2, 0.25) is 0 Å². The summed E-state index contributed by atoms with van der Waals surface area (Å²) in [7, 11) is 0. The SMILES string of the molecule is C[C@@H]1CCC[C@H](C)N1C(=S)SCC(=O)[O-]. The summed E-state index contributed by atoms with van der Waals surface area (Å²) < 4.78 is 0.693. The molecule has 0 aromatic heterocycles. The third kappa shape index (κ3) is 3.65.